The van der Waals surface area contributed by atoms with Gasteiger partial charge in [0.2, 0.25) is 5.91 Å². The largest absolute Gasteiger partial charge is 0.280 e. The summed E-state index contributed by atoms with van der Waals surface area (Å²) in [6.07, 6.45) is 6.02. The van der Waals surface area contributed by atoms with Crippen LogP contribution in [-0.2, 0) is 30.5 Å². The molecule has 1 aliphatic heterocycles. The van der Waals surface area contributed by atoms with Crippen LogP contribution in [-0.4, -0.2) is 16.1 Å². The van der Waals surface area contributed by atoms with Gasteiger partial charge in [-0.1, -0.05) is 48.2 Å². The van der Waals surface area contributed by atoms with Crippen molar-refractivity contribution in [3.63, 3.8) is 0 Å². The minimum Gasteiger partial charge on any atom is -0.280 e. The first-order valence-electron chi connectivity index (χ1n) is 11.2. The fraction of sp³-hybridized carbons (Fsp3) is 0.296. The number of carbonyl (C=O) groups is 1. The minimum absolute atomic E-state index is 0.0141. The molecule has 2 aromatic carbocycles. The molecule has 0 bridgehead atoms. The van der Waals surface area contributed by atoms with Gasteiger partial charge >= 0.3 is 0 Å². The monoisotopic (exact) mass is 439 g/mol. The maximum atomic E-state index is 13.9. The first-order chi connectivity index (χ1) is 15.7. The maximum Gasteiger partial charge on any atom is 0.244 e. The number of benzene rings is 2. The Hall–Kier alpha value is -3.10. The number of hydrogen-bond donors (Lipinski definition) is 0. The van der Waals surface area contributed by atoms with Crippen LogP contribution in [0.3, 0.4) is 0 Å². The van der Waals surface area contributed by atoms with Crippen molar-refractivity contribution in [2.45, 2.75) is 55.7 Å². The van der Waals surface area contributed by atoms with E-state index >= 15 is 0 Å². The van der Waals surface area contributed by atoms with E-state index in [1.54, 1.807) is 0 Å². The van der Waals surface area contributed by atoms with Gasteiger partial charge in [-0.05, 0) is 80.3 Å². The zero-order valence-corrected chi connectivity index (χ0v) is 19.0. The Balaban J connectivity index is 1.51. The van der Waals surface area contributed by atoms with E-state index in [2.05, 4.69) is 18.2 Å². The molecule has 5 rings (SSSR count). The van der Waals surface area contributed by atoms with E-state index in [1.165, 1.54) is 28.5 Å². The molecule has 0 spiro atoms. The average Bonchev–Trinajstić information content (AvgIpc) is 3.00. The Labute approximate surface area is 193 Å². The van der Waals surface area contributed by atoms with Crippen LogP contribution in [0.15, 0.2) is 59.6 Å². The number of nitriles is 1. The van der Waals surface area contributed by atoms with Crippen molar-refractivity contribution in [3.8, 4) is 6.07 Å². The predicted octanol–water partition coefficient (Wildman–Crippen LogP) is 5.78. The lowest BCUT2D eigenvalue weighted by molar-refractivity contribution is -0.117. The molecule has 3 aromatic rings. The van der Waals surface area contributed by atoms with Crippen molar-refractivity contribution in [1.29, 1.82) is 5.26 Å². The van der Waals surface area contributed by atoms with Crippen molar-refractivity contribution < 1.29 is 4.79 Å². The molecule has 1 unspecified atom stereocenters. The summed E-state index contributed by atoms with van der Waals surface area (Å²) in [5, 5.41) is 10.0. The number of aryl methyl sites for hydroxylation is 4. The Morgan fingerprint density at radius 2 is 1.59 bits per heavy atom. The van der Waals surface area contributed by atoms with E-state index in [1.807, 2.05) is 54.3 Å². The number of rotatable bonds is 3. The number of anilines is 2. The van der Waals surface area contributed by atoms with Crippen LogP contribution in [0, 0.1) is 11.3 Å². The summed E-state index contributed by atoms with van der Waals surface area (Å²) >= 11 is 1.40. The van der Waals surface area contributed by atoms with Gasteiger partial charge in [0, 0.05) is 5.69 Å². The second-order valence-corrected chi connectivity index (χ2v) is 9.79. The number of fused-ring (bicyclic) bond motifs is 3. The molecule has 0 saturated heterocycles. The predicted molar refractivity (Wildman–Crippen MR) is 128 cm³/mol. The lowest BCUT2D eigenvalue weighted by Crippen LogP contribution is -2.33. The number of amides is 1. The van der Waals surface area contributed by atoms with Crippen LogP contribution in [0.2, 0.25) is 0 Å². The first-order valence-corrected chi connectivity index (χ1v) is 12.1. The molecule has 0 saturated carbocycles. The molecule has 5 heteroatoms. The van der Waals surface area contributed by atoms with Crippen LogP contribution < -0.4 is 4.90 Å². The lowest BCUT2D eigenvalue weighted by atomic mass is 9.95. The van der Waals surface area contributed by atoms with Gasteiger partial charge in [-0.2, -0.15) is 5.26 Å². The van der Waals surface area contributed by atoms with Gasteiger partial charge in [-0.3, -0.25) is 9.69 Å². The molecule has 160 valence electrons. The van der Waals surface area contributed by atoms with E-state index < -0.39 is 0 Å². The van der Waals surface area contributed by atoms with Crippen LogP contribution in [0.4, 0.5) is 11.4 Å². The Bertz CT molecular complexity index is 1180. The van der Waals surface area contributed by atoms with Crippen LogP contribution >= 0.6 is 11.8 Å². The molecule has 0 radical (unpaired) electrons. The van der Waals surface area contributed by atoms with Gasteiger partial charge in [0.1, 0.15) is 11.1 Å². The number of carbonyl (C=O) groups excluding carboxylic acids is 1. The molecule has 0 fully saturated rings. The second-order valence-electron chi connectivity index (χ2n) is 8.46. The Kier molecular flexibility index (Phi) is 5.71. The Morgan fingerprint density at radius 1 is 0.969 bits per heavy atom. The average molecular weight is 440 g/mol. The fourth-order valence-electron chi connectivity index (χ4n) is 4.70. The number of nitrogens with zero attached hydrogens (tertiary/aromatic N) is 3. The molecule has 32 heavy (non-hydrogen) atoms. The third-order valence-corrected chi connectivity index (χ3v) is 7.46. The molecule has 1 aromatic heterocycles. The van der Waals surface area contributed by atoms with E-state index in [0.717, 1.165) is 55.6 Å². The topological polar surface area (TPSA) is 57.0 Å². The summed E-state index contributed by atoms with van der Waals surface area (Å²) < 4.78 is 0. The minimum atomic E-state index is -0.379. The SMILES string of the molecule is CC(Sc1nc2c(cc1C#N)CCCC2)C(=O)N1c2ccccc2CCc2ccccc21. The molecule has 2 heterocycles. The van der Waals surface area contributed by atoms with Gasteiger partial charge in [0.05, 0.1) is 22.2 Å². The highest BCUT2D eigenvalue weighted by atomic mass is 32.2. The summed E-state index contributed by atoms with van der Waals surface area (Å²) in [4.78, 5) is 20.6. The zero-order valence-electron chi connectivity index (χ0n) is 18.2. The fourth-order valence-corrected chi connectivity index (χ4v) is 5.64. The van der Waals surface area contributed by atoms with E-state index in [0.29, 0.717) is 10.6 Å². The molecular formula is C27H25N3OS. The smallest absolute Gasteiger partial charge is 0.244 e. The molecule has 1 atom stereocenters. The van der Waals surface area contributed by atoms with Gasteiger partial charge < -0.3 is 0 Å². The van der Waals surface area contributed by atoms with Crippen LogP contribution in [0.5, 0.6) is 0 Å². The van der Waals surface area contributed by atoms with E-state index in [4.69, 9.17) is 4.98 Å². The third kappa shape index (κ3) is 3.80. The van der Waals surface area contributed by atoms with Crippen LogP contribution in [0.25, 0.3) is 0 Å². The second kappa shape index (κ2) is 8.80. The molecule has 1 amide bonds. The summed E-state index contributed by atoms with van der Waals surface area (Å²) in [6, 6.07) is 20.6. The van der Waals surface area contributed by atoms with Gasteiger partial charge in [-0.15, -0.1) is 0 Å². The van der Waals surface area contributed by atoms with Crippen molar-refractivity contribution in [2.75, 3.05) is 4.90 Å². The third-order valence-electron chi connectivity index (χ3n) is 6.37. The highest BCUT2D eigenvalue weighted by Crippen LogP contribution is 2.38. The molecule has 4 nitrogen and oxygen atoms in total. The normalized spacial score (nSPS) is 15.6. The number of hydrogen-bond acceptors (Lipinski definition) is 4. The quantitative estimate of drug-likeness (QED) is 0.486. The zero-order chi connectivity index (χ0) is 22.1. The highest BCUT2D eigenvalue weighted by molar-refractivity contribution is 8.00. The summed E-state index contributed by atoms with van der Waals surface area (Å²) in [5.41, 5.74) is 7.11. The van der Waals surface area contributed by atoms with Gasteiger partial charge in [-0.25, -0.2) is 4.98 Å². The summed E-state index contributed by atoms with van der Waals surface area (Å²) in [6.45, 7) is 1.92. The molecular weight excluding hydrogens is 414 g/mol. The van der Waals surface area contributed by atoms with Crippen molar-refractivity contribution in [3.05, 3.63) is 82.5 Å². The van der Waals surface area contributed by atoms with E-state index in [-0.39, 0.29) is 11.2 Å². The standard InChI is InChI=1S/C27H25N3OS/c1-18(32-26-22(17-28)16-21-10-2-5-11-23(21)29-26)27(31)30-24-12-6-3-8-19(24)14-15-20-9-4-7-13-25(20)30/h3-4,6-9,12-13,16,18H,2,5,10-11,14-15H2,1H3. The number of pyridine rings is 1. The summed E-state index contributed by atoms with van der Waals surface area (Å²) in [7, 11) is 0. The van der Waals surface area contributed by atoms with Gasteiger partial charge in [0.15, 0.2) is 0 Å². The van der Waals surface area contributed by atoms with Crippen molar-refractivity contribution >= 4 is 29.0 Å². The van der Waals surface area contributed by atoms with Crippen LogP contribution in [0.1, 0.15) is 47.7 Å². The number of aromatic nitrogens is 1. The summed E-state index contributed by atoms with van der Waals surface area (Å²) in [5.74, 6) is 0.0141. The maximum absolute atomic E-state index is 13.9. The van der Waals surface area contributed by atoms with E-state index in [9.17, 15) is 10.1 Å². The molecule has 0 N–H and O–H groups in total. The molecule has 1 aliphatic carbocycles. The van der Waals surface area contributed by atoms with Crippen molar-refractivity contribution in [2.24, 2.45) is 0 Å². The number of para-hydroxylation sites is 2. The molecule has 2 aliphatic rings. The number of thioether (sulfide) groups is 1. The first kappa shape index (κ1) is 20.8. The highest BCUT2D eigenvalue weighted by Gasteiger charge is 2.30. The Morgan fingerprint density at radius 3 is 2.25 bits per heavy atom. The lowest BCUT2D eigenvalue weighted by Gasteiger charge is -2.27. The van der Waals surface area contributed by atoms with Crippen molar-refractivity contribution in [1.82, 2.24) is 4.98 Å². The van der Waals surface area contributed by atoms with Gasteiger partial charge in [0.25, 0.3) is 0 Å².